The van der Waals surface area contributed by atoms with Gasteiger partial charge in [-0.2, -0.15) is 0 Å². The molecular formula is C27H24O6. The number of ether oxygens (including phenoxy) is 3. The third-order valence-electron chi connectivity index (χ3n) is 5.22. The number of hydrogen-bond acceptors (Lipinski definition) is 6. The van der Waals surface area contributed by atoms with Crippen molar-refractivity contribution in [3.63, 3.8) is 0 Å². The van der Waals surface area contributed by atoms with Crippen LogP contribution in [-0.4, -0.2) is 19.7 Å². The van der Waals surface area contributed by atoms with Gasteiger partial charge >= 0.3 is 5.97 Å². The molecule has 0 aliphatic rings. The van der Waals surface area contributed by atoms with E-state index >= 15 is 0 Å². The van der Waals surface area contributed by atoms with Gasteiger partial charge in [-0.25, -0.2) is 4.79 Å². The van der Waals surface area contributed by atoms with Gasteiger partial charge in [0.05, 0.1) is 12.5 Å². The van der Waals surface area contributed by atoms with Crippen LogP contribution in [0.4, 0.5) is 0 Å². The summed E-state index contributed by atoms with van der Waals surface area (Å²) >= 11 is 0. The smallest absolute Gasteiger partial charge is 0.344 e. The summed E-state index contributed by atoms with van der Waals surface area (Å²) in [6.07, 6.45) is 0. The summed E-state index contributed by atoms with van der Waals surface area (Å²) in [6, 6.07) is 20.1. The monoisotopic (exact) mass is 444 g/mol. The molecule has 0 aliphatic heterocycles. The Balaban J connectivity index is 1.67. The van der Waals surface area contributed by atoms with Crippen LogP contribution in [0.3, 0.4) is 0 Å². The SMILES string of the molecule is COc1ccc(-c2oc3cc(C)cc(C)c3c(=O)c2OCC(=O)OCc2ccccc2)cc1. The number of aryl methyl sites for hydroxylation is 2. The summed E-state index contributed by atoms with van der Waals surface area (Å²) in [7, 11) is 1.58. The van der Waals surface area contributed by atoms with Crippen molar-refractivity contribution in [2.75, 3.05) is 13.7 Å². The number of esters is 1. The molecule has 0 saturated carbocycles. The summed E-state index contributed by atoms with van der Waals surface area (Å²) in [5, 5.41) is 0.422. The Kier molecular flexibility index (Phi) is 6.45. The maximum atomic E-state index is 13.4. The minimum Gasteiger partial charge on any atom is -0.497 e. The van der Waals surface area contributed by atoms with Gasteiger partial charge in [-0.05, 0) is 60.9 Å². The predicted molar refractivity (Wildman–Crippen MR) is 126 cm³/mol. The van der Waals surface area contributed by atoms with E-state index in [9.17, 15) is 9.59 Å². The third-order valence-corrected chi connectivity index (χ3v) is 5.22. The number of carbonyl (C=O) groups is 1. The van der Waals surface area contributed by atoms with E-state index in [0.717, 1.165) is 16.7 Å². The highest BCUT2D eigenvalue weighted by Crippen LogP contribution is 2.33. The number of benzene rings is 3. The van der Waals surface area contributed by atoms with Crippen molar-refractivity contribution >= 4 is 16.9 Å². The maximum Gasteiger partial charge on any atom is 0.344 e. The van der Waals surface area contributed by atoms with E-state index in [0.29, 0.717) is 22.3 Å². The largest absolute Gasteiger partial charge is 0.497 e. The molecule has 0 unspecified atom stereocenters. The van der Waals surface area contributed by atoms with Crippen molar-refractivity contribution in [2.45, 2.75) is 20.5 Å². The van der Waals surface area contributed by atoms with Crippen molar-refractivity contribution in [1.82, 2.24) is 0 Å². The van der Waals surface area contributed by atoms with Crippen LogP contribution in [0.1, 0.15) is 16.7 Å². The third kappa shape index (κ3) is 4.90. The van der Waals surface area contributed by atoms with Gasteiger partial charge in [0.1, 0.15) is 17.9 Å². The molecule has 0 aliphatic carbocycles. The molecule has 6 heteroatoms. The van der Waals surface area contributed by atoms with Crippen LogP contribution in [0.5, 0.6) is 11.5 Å². The van der Waals surface area contributed by atoms with Gasteiger partial charge in [0, 0.05) is 5.56 Å². The fourth-order valence-corrected chi connectivity index (χ4v) is 3.65. The van der Waals surface area contributed by atoms with Crippen molar-refractivity contribution in [3.8, 4) is 22.8 Å². The first-order chi connectivity index (χ1) is 16.0. The molecule has 0 N–H and O–H groups in total. The average Bonchev–Trinajstić information content (AvgIpc) is 2.82. The molecule has 0 atom stereocenters. The number of rotatable bonds is 7. The fourth-order valence-electron chi connectivity index (χ4n) is 3.65. The van der Waals surface area contributed by atoms with Crippen LogP contribution in [-0.2, 0) is 16.1 Å². The predicted octanol–water partition coefficient (Wildman–Crippen LogP) is 5.21. The summed E-state index contributed by atoms with van der Waals surface area (Å²) in [5.41, 5.74) is 3.36. The van der Waals surface area contributed by atoms with Gasteiger partial charge in [-0.15, -0.1) is 0 Å². The zero-order chi connectivity index (χ0) is 23.4. The quantitative estimate of drug-likeness (QED) is 0.365. The van der Waals surface area contributed by atoms with Gasteiger partial charge in [0.15, 0.2) is 12.4 Å². The zero-order valence-electron chi connectivity index (χ0n) is 18.7. The number of carbonyl (C=O) groups excluding carboxylic acids is 1. The topological polar surface area (TPSA) is 75.0 Å². The lowest BCUT2D eigenvalue weighted by atomic mass is 10.0. The van der Waals surface area contributed by atoms with E-state index in [4.69, 9.17) is 18.6 Å². The molecule has 1 aromatic heterocycles. The molecule has 0 amide bonds. The molecule has 0 radical (unpaired) electrons. The van der Waals surface area contributed by atoms with E-state index in [1.807, 2.05) is 56.3 Å². The molecule has 6 nitrogen and oxygen atoms in total. The minimum atomic E-state index is -0.584. The van der Waals surface area contributed by atoms with Gasteiger partial charge in [0.2, 0.25) is 11.2 Å². The average molecular weight is 444 g/mol. The lowest BCUT2D eigenvalue weighted by Gasteiger charge is -2.13. The molecule has 4 rings (SSSR count). The molecule has 33 heavy (non-hydrogen) atoms. The Hall–Kier alpha value is -4.06. The van der Waals surface area contributed by atoms with Crippen LogP contribution in [0.15, 0.2) is 75.9 Å². The van der Waals surface area contributed by atoms with Crippen LogP contribution >= 0.6 is 0 Å². The molecule has 1 heterocycles. The highest BCUT2D eigenvalue weighted by Gasteiger charge is 2.20. The summed E-state index contributed by atoms with van der Waals surface area (Å²) in [5.74, 6) is 0.299. The lowest BCUT2D eigenvalue weighted by Crippen LogP contribution is -2.19. The number of fused-ring (bicyclic) bond motifs is 1. The standard InChI is InChI=1S/C27H24O6/c1-17-13-18(2)24-22(14-17)33-26(20-9-11-21(30-3)12-10-20)27(25(24)29)32-16-23(28)31-15-19-7-5-4-6-8-19/h4-14H,15-16H2,1-3H3. The molecule has 3 aromatic carbocycles. The lowest BCUT2D eigenvalue weighted by molar-refractivity contribution is -0.147. The first-order valence-corrected chi connectivity index (χ1v) is 10.5. The molecule has 0 saturated heterocycles. The number of hydrogen-bond donors (Lipinski definition) is 0. The highest BCUT2D eigenvalue weighted by atomic mass is 16.6. The Morgan fingerprint density at radius 2 is 1.70 bits per heavy atom. The first kappa shape index (κ1) is 22.1. The second-order valence-electron chi connectivity index (χ2n) is 7.71. The first-order valence-electron chi connectivity index (χ1n) is 10.5. The second kappa shape index (κ2) is 9.61. The van der Waals surface area contributed by atoms with E-state index in [-0.39, 0.29) is 23.5 Å². The second-order valence-corrected chi connectivity index (χ2v) is 7.71. The minimum absolute atomic E-state index is 0.0312. The van der Waals surface area contributed by atoms with Crippen LogP contribution in [0, 0.1) is 13.8 Å². The maximum absolute atomic E-state index is 13.4. The molecule has 0 spiro atoms. The highest BCUT2D eigenvalue weighted by molar-refractivity contribution is 5.85. The molecule has 168 valence electrons. The van der Waals surface area contributed by atoms with Crippen molar-refractivity contribution in [3.05, 3.63) is 93.6 Å². The molecule has 0 fully saturated rings. The normalized spacial score (nSPS) is 10.8. The van der Waals surface area contributed by atoms with Gasteiger partial charge in [-0.1, -0.05) is 36.4 Å². The summed E-state index contributed by atoms with van der Waals surface area (Å²) in [6.45, 7) is 3.49. The molecular weight excluding hydrogens is 420 g/mol. The van der Waals surface area contributed by atoms with Gasteiger partial charge in [0.25, 0.3) is 0 Å². The van der Waals surface area contributed by atoms with Gasteiger partial charge < -0.3 is 18.6 Å². The van der Waals surface area contributed by atoms with Crippen molar-refractivity contribution in [2.24, 2.45) is 0 Å². The van der Waals surface area contributed by atoms with Crippen LogP contribution in [0.2, 0.25) is 0 Å². The summed E-state index contributed by atoms with van der Waals surface area (Å²) in [4.78, 5) is 25.7. The Bertz CT molecular complexity index is 1340. The van der Waals surface area contributed by atoms with Crippen molar-refractivity contribution < 1.29 is 23.4 Å². The van der Waals surface area contributed by atoms with Gasteiger partial charge in [-0.3, -0.25) is 4.79 Å². The van der Waals surface area contributed by atoms with E-state index < -0.39 is 12.6 Å². The fraction of sp³-hybridized carbons (Fsp3) is 0.185. The van der Waals surface area contributed by atoms with E-state index in [1.54, 1.807) is 31.4 Å². The molecule has 0 bridgehead atoms. The Morgan fingerprint density at radius 1 is 0.970 bits per heavy atom. The number of methoxy groups -OCH3 is 1. The summed E-state index contributed by atoms with van der Waals surface area (Å²) < 4.78 is 22.3. The zero-order valence-corrected chi connectivity index (χ0v) is 18.7. The van der Waals surface area contributed by atoms with Crippen LogP contribution in [0.25, 0.3) is 22.3 Å². The van der Waals surface area contributed by atoms with Crippen molar-refractivity contribution in [1.29, 1.82) is 0 Å². The Morgan fingerprint density at radius 3 is 2.39 bits per heavy atom. The molecule has 4 aromatic rings. The van der Waals surface area contributed by atoms with Crippen LogP contribution < -0.4 is 14.9 Å². The van der Waals surface area contributed by atoms with E-state index in [1.165, 1.54) is 0 Å². The Labute approximate surface area is 191 Å². The van der Waals surface area contributed by atoms with E-state index in [2.05, 4.69) is 0 Å².